The van der Waals surface area contributed by atoms with E-state index in [9.17, 15) is 13.0 Å². The second-order valence-electron chi connectivity index (χ2n) is 7.38. The molecular formula is C22H28NNaO3S. The van der Waals surface area contributed by atoms with Gasteiger partial charge in [-0.3, -0.25) is 0 Å². The van der Waals surface area contributed by atoms with Crippen molar-refractivity contribution in [3.05, 3.63) is 48.0 Å². The van der Waals surface area contributed by atoms with E-state index < -0.39 is 15.4 Å². The van der Waals surface area contributed by atoms with Crippen molar-refractivity contribution in [2.75, 3.05) is 0 Å². The first-order valence-electron chi connectivity index (χ1n) is 9.87. The van der Waals surface area contributed by atoms with Gasteiger partial charge in [0.25, 0.3) is 0 Å². The minimum Gasteiger partial charge on any atom is -0.748 e. The number of benzene rings is 2. The van der Waals surface area contributed by atoms with E-state index in [0.29, 0.717) is 13.0 Å². The van der Waals surface area contributed by atoms with Crippen LogP contribution in [0.2, 0.25) is 0 Å². The maximum atomic E-state index is 11.3. The van der Waals surface area contributed by atoms with Crippen molar-refractivity contribution in [1.82, 2.24) is 4.57 Å². The summed E-state index contributed by atoms with van der Waals surface area (Å²) in [4.78, 5) is 0. The molecule has 0 aliphatic rings. The van der Waals surface area contributed by atoms with Crippen LogP contribution in [-0.2, 0) is 23.1 Å². The average Bonchev–Trinajstić information content (AvgIpc) is 2.97. The SMILES string of the molecule is CCCCCCc1cccc2c1c1ccccc1n2CCC(C)S(=O)(=O)[O-].[Na+]. The minimum absolute atomic E-state index is 0. The van der Waals surface area contributed by atoms with Gasteiger partial charge in [0.15, 0.2) is 0 Å². The monoisotopic (exact) mass is 409 g/mol. The molecule has 0 aliphatic heterocycles. The molecule has 3 aromatic rings. The number of aromatic nitrogens is 1. The van der Waals surface area contributed by atoms with E-state index >= 15 is 0 Å². The van der Waals surface area contributed by atoms with Crippen LogP contribution in [0.15, 0.2) is 42.5 Å². The molecule has 0 radical (unpaired) electrons. The van der Waals surface area contributed by atoms with Gasteiger partial charge in [0.1, 0.15) is 0 Å². The third kappa shape index (κ3) is 5.19. The number of para-hydroxylation sites is 1. The Bertz CT molecular complexity index is 1030. The molecule has 0 saturated carbocycles. The van der Waals surface area contributed by atoms with Crippen LogP contribution >= 0.6 is 0 Å². The molecule has 28 heavy (non-hydrogen) atoms. The molecule has 0 N–H and O–H groups in total. The first-order valence-corrected chi connectivity index (χ1v) is 11.3. The van der Waals surface area contributed by atoms with Crippen molar-refractivity contribution >= 4 is 31.9 Å². The molecule has 0 aliphatic carbocycles. The molecule has 0 fully saturated rings. The number of unbranched alkanes of at least 4 members (excludes halogenated alkanes) is 3. The first kappa shape index (κ1) is 23.4. The van der Waals surface area contributed by atoms with Crippen LogP contribution in [0, 0.1) is 0 Å². The molecule has 6 heteroatoms. The first-order chi connectivity index (χ1) is 12.9. The van der Waals surface area contributed by atoms with Gasteiger partial charge in [-0.2, -0.15) is 0 Å². The zero-order chi connectivity index (χ0) is 19.4. The Balaban J connectivity index is 0.00000280. The Labute approximate surface area is 190 Å². The molecule has 1 unspecified atom stereocenters. The fourth-order valence-electron chi connectivity index (χ4n) is 3.82. The topological polar surface area (TPSA) is 62.1 Å². The van der Waals surface area contributed by atoms with Gasteiger partial charge in [-0.15, -0.1) is 0 Å². The summed E-state index contributed by atoms with van der Waals surface area (Å²) >= 11 is 0. The molecule has 146 valence electrons. The quantitative estimate of drug-likeness (QED) is 0.309. The zero-order valence-corrected chi connectivity index (χ0v) is 20.0. The Morgan fingerprint density at radius 3 is 2.43 bits per heavy atom. The van der Waals surface area contributed by atoms with E-state index in [1.54, 1.807) is 0 Å². The number of nitrogens with zero attached hydrogens (tertiary/aromatic N) is 1. The number of aryl methyl sites for hydroxylation is 2. The van der Waals surface area contributed by atoms with E-state index in [4.69, 9.17) is 0 Å². The largest absolute Gasteiger partial charge is 1.00 e. The summed E-state index contributed by atoms with van der Waals surface area (Å²) in [5.74, 6) is 0. The molecule has 3 rings (SSSR count). The van der Waals surface area contributed by atoms with E-state index in [-0.39, 0.29) is 29.6 Å². The normalized spacial score (nSPS) is 13.0. The van der Waals surface area contributed by atoms with Crippen LogP contribution < -0.4 is 29.6 Å². The summed E-state index contributed by atoms with van der Waals surface area (Å²) in [5, 5.41) is 1.59. The molecule has 2 aromatic carbocycles. The molecule has 0 bridgehead atoms. The third-order valence-electron chi connectivity index (χ3n) is 5.44. The second-order valence-corrected chi connectivity index (χ2v) is 9.17. The second kappa shape index (κ2) is 10.3. The third-order valence-corrected chi connectivity index (χ3v) is 6.66. The van der Waals surface area contributed by atoms with Crippen LogP contribution in [0.3, 0.4) is 0 Å². The van der Waals surface area contributed by atoms with Crippen molar-refractivity contribution in [3.8, 4) is 0 Å². The van der Waals surface area contributed by atoms with Crippen molar-refractivity contribution in [1.29, 1.82) is 0 Å². The van der Waals surface area contributed by atoms with Gasteiger partial charge >= 0.3 is 29.6 Å². The number of fused-ring (bicyclic) bond motifs is 3. The average molecular weight is 410 g/mol. The Morgan fingerprint density at radius 1 is 1.00 bits per heavy atom. The fourth-order valence-corrected chi connectivity index (χ4v) is 4.21. The summed E-state index contributed by atoms with van der Waals surface area (Å²) in [6, 6.07) is 14.7. The summed E-state index contributed by atoms with van der Waals surface area (Å²) in [5.41, 5.74) is 3.58. The van der Waals surface area contributed by atoms with Crippen molar-refractivity contribution < 1.29 is 42.5 Å². The van der Waals surface area contributed by atoms with Gasteiger partial charge in [-0.05, 0) is 43.9 Å². The van der Waals surface area contributed by atoms with Gasteiger partial charge < -0.3 is 9.12 Å². The molecule has 1 atom stereocenters. The maximum absolute atomic E-state index is 11.3. The summed E-state index contributed by atoms with van der Waals surface area (Å²) < 4.78 is 36.0. The van der Waals surface area contributed by atoms with Gasteiger partial charge in [0.2, 0.25) is 0 Å². The number of hydrogen-bond acceptors (Lipinski definition) is 3. The summed E-state index contributed by atoms with van der Waals surface area (Å²) in [6.07, 6.45) is 6.28. The number of rotatable bonds is 9. The Kier molecular flexibility index (Phi) is 8.59. The summed E-state index contributed by atoms with van der Waals surface area (Å²) in [6.45, 7) is 4.23. The fraction of sp³-hybridized carbons (Fsp3) is 0.455. The predicted molar refractivity (Wildman–Crippen MR) is 111 cm³/mol. The summed E-state index contributed by atoms with van der Waals surface area (Å²) in [7, 11) is -4.25. The molecule has 1 heterocycles. The smallest absolute Gasteiger partial charge is 0.748 e. The van der Waals surface area contributed by atoms with E-state index in [2.05, 4.69) is 41.8 Å². The molecule has 1 aromatic heterocycles. The van der Waals surface area contributed by atoms with Crippen LogP contribution in [0.5, 0.6) is 0 Å². The van der Waals surface area contributed by atoms with Gasteiger partial charge in [0.05, 0.1) is 10.1 Å². The van der Waals surface area contributed by atoms with Crippen molar-refractivity contribution in [2.45, 2.75) is 64.2 Å². The van der Waals surface area contributed by atoms with E-state index in [1.807, 2.05) is 12.1 Å². The van der Waals surface area contributed by atoms with Crippen LogP contribution in [0.1, 0.15) is 51.5 Å². The standard InChI is InChI=1S/C22H29NO3S.Na/c1-3-4-5-6-10-18-11-9-14-21-22(18)19-12-7-8-13-20(19)23(21)16-15-17(2)27(24,25)26;/h7-9,11-14,17H,3-6,10,15-16H2,1-2H3,(H,24,25,26);/q;+1/p-1. The predicted octanol–water partition coefficient (Wildman–Crippen LogP) is 2.25. The molecule has 0 saturated heterocycles. The molecule has 4 nitrogen and oxygen atoms in total. The van der Waals surface area contributed by atoms with Gasteiger partial charge in [-0.1, -0.05) is 56.5 Å². The van der Waals surface area contributed by atoms with Gasteiger partial charge in [-0.25, -0.2) is 8.42 Å². The van der Waals surface area contributed by atoms with Crippen LogP contribution in [-0.4, -0.2) is 22.8 Å². The molecular weight excluding hydrogens is 381 g/mol. The van der Waals surface area contributed by atoms with Crippen molar-refractivity contribution in [3.63, 3.8) is 0 Å². The van der Waals surface area contributed by atoms with Crippen LogP contribution in [0.25, 0.3) is 21.8 Å². The maximum Gasteiger partial charge on any atom is 1.00 e. The molecule has 0 spiro atoms. The van der Waals surface area contributed by atoms with Crippen LogP contribution in [0.4, 0.5) is 0 Å². The van der Waals surface area contributed by atoms with E-state index in [0.717, 1.165) is 17.5 Å². The molecule has 0 amide bonds. The van der Waals surface area contributed by atoms with E-state index in [1.165, 1.54) is 48.9 Å². The van der Waals surface area contributed by atoms with Gasteiger partial charge in [0, 0.05) is 33.6 Å². The Morgan fingerprint density at radius 2 is 1.71 bits per heavy atom. The zero-order valence-electron chi connectivity index (χ0n) is 17.1. The Hall–Kier alpha value is -0.850. The minimum atomic E-state index is -4.25. The van der Waals surface area contributed by atoms with Crippen molar-refractivity contribution in [2.24, 2.45) is 0 Å². The number of hydrogen-bond donors (Lipinski definition) is 0.